The Morgan fingerprint density at radius 1 is 0.390 bits per heavy atom. The molecule has 190 valence electrons. The fraction of sp³-hybridized carbons (Fsp3) is 0. The zero-order valence-electron chi connectivity index (χ0n) is 21.9. The van der Waals surface area contributed by atoms with Gasteiger partial charge in [-0.1, -0.05) is 103 Å². The summed E-state index contributed by atoms with van der Waals surface area (Å²) < 4.78 is 6.53. The van der Waals surface area contributed by atoms with Gasteiger partial charge in [-0.2, -0.15) is 0 Å². The molecule has 0 N–H and O–H groups in total. The number of hydrogen-bond acceptors (Lipinski definition) is 4. The number of benzene rings is 6. The highest BCUT2D eigenvalue weighted by atomic mass is 16.3. The molecular formula is C37H21N3O. The first-order valence-corrected chi connectivity index (χ1v) is 13.7. The van der Waals surface area contributed by atoms with E-state index in [9.17, 15) is 0 Å². The third-order valence-electron chi connectivity index (χ3n) is 8.06. The Morgan fingerprint density at radius 3 is 1.66 bits per heavy atom. The van der Waals surface area contributed by atoms with Crippen molar-refractivity contribution in [3.8, 4) is 56.4 Å². The van der Waals surface area contributed by atoms with Gasteiger partial charge in [0.05, 0.1) is 0 Å². The molecule has 1 aliphatic carbocycles. The van der Waals surface area contributed by atoms with Gasteiger partial charge in [-0.25, -0.2) is 15.0 Å². The van der Waals surface area contributed by atoms with Gasteiger partial charge in [0.25, 0.3) is 0 Å². The van der Waals surface area contributed by atoms with Crippen LogP contribution in [0.2, 0.25) is 0 Å². The van der Waals surface area contributed by atoms with Crippen molar-refractivity contribution in [1.82, 2.24) is 15.0 Å². The molecule has 0 aliphatic heterocycles. The minimum absolute atomic E-state index is 0.631. The highest BCUT2D eigenvalue weighted by molar-refractivity contribution is 6.26. The molecule has 4 nitrogen and oxygen atoms in total. The molecule has 2 heterocycles. The Kier molecular flexibility index (Phi) is 4.58. The Balaban J connectivity index is 1.29. The average molecular weight is 524 g/mol. The second kappa shape index (κ2) is 8.44. The maximum Gasteiger partial charge on any atom is 0.164 e. The van der Waals surface area contributed by atoms with Gasteiger partial charge in [-0.3, -0.25) is 0 Å². The molecule has 9 rings (SSSR count). The molecule has 0 radical (unpaired) electrons. The lowest BCUT2D eigenvalue weighted by Gasteiger charge is -2.08. The molecule has 41 heavy (non-hydrogen) atoms. The average Bonchev–Trinajstić information content (AvgIpc) is 3.58. The third kappa shape index (κ3) is 3.31. The molecule has 0 amide bonds. The lowest BCUT2D eigenvalue weighted by atomic mass is 9.99. The van der Waals surface area contributed by atoms with Crippen molar-refractivity contribution in [1.29, 1.82) is 0 Å². The Morgan fingerprint density at radius 2 is 0.976 bits per heavy atom. The molecule has 0 saturated heterocycles. The zero-order valence-corrected chi connectivity index (χ0v) is 21.9. The van der Waals surface area contributed by atoms with Crippen LogP contribution in [-0.4, -0.2) is 15.0 Å². The first-order valence-electron chi connectivity index (χ1n) is 13.7. The highest BCUT2D eigenvalue weighted by Crippen LogP contribution is 2.50. The Labute approximate surface area is 235 Å². The fourth-order valence-corrected chi connectivity index (χ4v) is 6.17. The van der Waals surface area contributed by atoms with E-state index in [2.05, 4.69) is 54.6 Å². The van der Waals surface area contributed by atoms with Gasteiger partial charge in [0, 0.05) is 38.2 Å². The van der Waals surface area contributed by atoms with Crippen LogP contribution in [0, 0.1) is 0 Å². The first-order chi connectivity index (χ1) is 20.3. The number of fused-ring (bicyclic) bond motifs is 7. The van der Waals surface area contributed by atoms with E-state index in [1.807, 2.05) is 72.8 Å². The van der Waals surface area contributed by atoms with E-state index in [1.165, 1.54) is 27.6 Å². The van der Waals surface area contributed by atoms with Gasteiger partial charge in [0.2, 0.25) is 0 Å². The van der Waals surface area contributed by atoms with Crippen LogP contribution in [0.3, 0.4) is 0 Å². The van der Waals surface area contributed by atoms with Gasteiger partial charge in [-0.05, 0) is 46.5 Å². The Bertz CT molecular complexity index is 2250. The summed E-state index contributed by atoms with van der Waals surface area (Å²) in [6.07, 6.45) is 0. The molecule has 0 bridgehead atoms. The molecule has 2 aromatic heterocycles. The van der Waals surface area contributed by atoms with Crippen molar-refractivity contribution in [2.75, 3.05) is 0 Å². The number of nitrogens with zero attached hydrogens (tertiary/aromatic N) is 3. The molecule has 6 aromatic carbocycles. The van der Waals surface area contributed by atoms with E-state index in [4.69, 9.17) is 19.4 Å². The minimum atomic E-state index is 0.631. The summed E-state index contributed by atoms with van der Waals surface area (Å²) in [5, 5.41) is 4.55. The van der Waals surface area contributed by atoms with Crippen molar-refractivity contribution in [3.05, 3.63) is 127 Å². The third-order valence-corrected chi connectivity index (χ3v) is 8.06. The van der Waals surface area contributed by atoms with E-state index in [0.717, 1.165) is 44.0 Å². The summed E-state index contributed by atoms with van der Waals surface area (Å²) in [5.74, 6) is 1.93. The fourth-order valence-electron chi connectivity index (χ4n) is 6.17. The largest absolute Gasteiger partial charge is 0.455 e. The number of aromatic nitrogens is 3. The number of rotatable bonds is 3. The molecule has 1 aliphatic rings. The number of hydrogen-bond donors (Lipinski definition) is 0. The maximum atomic E-state index is 6.53. The normalized spacial score (nSPS) is 11.9. The standard InChI is InChI=1S/C37H21N3O/c1-3-10-22(11-4-1)35-38-36(23-12-5-2-6-13-23)40-37(39-35)24-18-19-32-29(20-24)31-21-30-26-15-8-7-14-25(26)27-16-9-17-28(33(27)30)34(31)41-32/h1-21H. The molecule has 0 saturated carbocycles. The molecular weight excluding hydrogens is 502 g/mol. The predicted molar refractivity (Wildman–Crippen MR) is 165 cm³/mol. The Hall–Kier alpha value is -5.61. The molecule has 0 atom stereocenters. The van der Waals surface area contributed by atoms with Crippen molar-refractivity contribution in [3.63, 3.8) is 0 Å². The van der Waals surface area contributed by atoms with Gasteiger partial charge in [-0.15, -0.1) is 0 Å². The van der Waals surface area contributed by atoms with E-state index in [0.29, 0.717) is 17.5 Å². The van der Waals surface area contributed by atoms with Crippen LogP contribution in [0.25, 0.3) is 89.1 Å². The topological polar surface area (TPSA) is 51.8 Å². The summed E-state index contributed by atoms with van der Waals surface area (Å²) in [4.78, 5) is 14.7. The van der Waals surface area contributed by atoms with Crippen LogP contribution in [0.1, 0.15) is 0 Å². The predicted octanol–water partition coefficient (Wildman–Crippen LogP) is 9.57. The van der Waals surface area contributed by atoms with Crippen LogP contribution in [0.5, 0.6) is 0 Å². The molecule has 8 aromatic rings. The summed E-state index contributed by atoms with van der Waals surface area (Å²) in [6, 6.07) is 43.8. The summed E-state index contributed by atoms with van der Waals surface area (Å²) >= 11 is 0. The zero-order chi connectivity index (χ0) is 26.9. The monoisotopic (exact) mass is 523 g/mol. The first kappa shape index (κ1) is 22.2. The lowest BCUT2D eigenvalue weighted by Crippen LogP contribution is -2.00. The molecule has 0 unspecified atom stereocenters. The van der Waals surface area contributed by atoms with E-state index in [-0.39, 0.29) is 0 Å². The second-order valence-electron chi connectivity index (χ2n) is 10.4. The van der Waals surface area contributed by atoms with Crippen LogP contribution in [0.4, 0.5) is 0 Å². The van der Waals surface area contributed by atoms with Crippen LogP contribution >= 0.6 is 0 Å². The lowest BCUT2D eigenvalue weighted by molar-refractivity contribution is 0.673. The molecule has 0 spiro atoms. The quantitative estimate of drug-likeness (QED) is 0.231. The van der Waals surface area contributed by atoms with E-state index < -0.39 is 0 Å². The summed E-state index contributed by atoms with van der Waals surface area (Å²) in [5.41, 5.74) is 9.65. The molecule has 0 fully saturated rings. The van der Waals surface area contributed by atoms with Crippen molar-refractivity contribution in [2.24, 2.45) is 0 Å². The maximum absolute atomic E-state index is 6.53. The number of furan rings is 1. The van der Waals surface area contributed by atoms with Crippen molar-refractivity contribution < 1.29 is 4.42 Å². The summed E-state index contributed by atoms with van der Waals surface area (Å²) in [6.45, 7) is 0. The molecule has 4 heteroatoms. The second-order valence-corrected chi connectivity index (χ2v) is 10.4. The van der Waals surface area contributed by atoms with E-state index in [1.54, 1.807) is 0 Å². The summed E-state index contributed by atoms with van der Waals surface area (Å²) in [7, 11) is 0. The van der Waals surface area contributed by atoms with Crippen LogP contribution in [-0.2, 0) is 0 Å². The highest BCUT2D eigenvalue weighted by Gasteiger charge is 2.24. The van der Waals surface area contributed by atoms with Gasteiger partial charge in [0.15, 0.2) is 17.5 Å². The van der Waals surface area contributed by atoms with E-state index >= 15 is 0 Å². The van der Waals surface area contributed by atoms with Gasteiger partial charge >= 0.3 is 0 Å². The smallest absolute Gasteiger partial charge is 0.164 e. The van der Waals surface area contributed by atoms with Crippen LogP contribution in [0.15, 0.2) is 132 Å². The van der Waals surface area contributed by atoms with Crippen molar-refractivity contribution >= 4 is 32.7 Å². The van der Waals surface area contributed by atoms with Gasteiger partial charge in [0.1, 0.15) is 11.2 Å². The van der Waals surface area contributed by atoms with Crippen LogP contribution < -0.4 is 0 Å². The van der Waals surface area contributed by atoms with Gasteiger partial charge < -0.3 is 4.42 Å². The minimum Gasteiger partial charge on any atom is -0.455 e. The SMILES string of the molecule is c1ccc(-c2nc(-c3ccccc3)nc(-c3ccc4oc5c6cccc7c6c(cc5c4c3)-c3ccccc3-7)n2)cc1. The van der Waals surface area contributed by atoms with Crippen molar-refractivity contribution in [2.45, 2.75) is 0 Å².